The van der Waals surface area contributed by atoms with Crippen LogP contribution in [0.25, 0.3) is 0 Å². The maximum Gasteiger partial charge on any atom is 0.261 e. The number of rotatable bonds is 3. The molecule has 0 saturated carbocycles. The summed E-state index contributed by atoms with van der Waals surface area (Å²) in [5.74, 6) is -0.691. The van der Waals surface area contributed by atoms with E-state index in [1.165, 1.54) is 36.4 Å². The molecule has 0 aliphatic rings. The minimum atomic E-state index is -3.85. The topological polar surface area (TPSA) is 66.4 Å². The smallest absolute Gasteiger partial charge is 0.261 e. The third-order valence-electron chi connectivity index (χ3n) is 2.20. The lowest BCUT2D eigenvalue weighted by molar-refractivity contribution is 0.475. The zero-order valence-electron chi connectivity index (χ0n) is 9.17. The van der Waals surface area contributed by atoms with Gasteiger partial charge in [-0.05, 0) is 30.3 Å². The van der Waals surface area contributed by atoms with E-state index < -0.39 is 15.8 Å². The van der Waals surface area contributed by atoms with E-state index >= 15 is 0 Å². The molecule has 0 heterocycles. The predicted molar refractivity (Wildman–Crippen MR) is 65.3 cm³/mol. The van der Waals surface area contributed by atoms with Gasteiger partial charge >= 0.3 is 0 Å². The number of hydrogen-bond donors (Lipinski definition) is 2. The Hall–Kier alpha value is -2.08. The highest BCUT2D eigenvalue weighted by Crippen LogP contribution is 2.20. The summed E-state index contributed by atoms with van der Waals surface area (Å²) in [7, 11) is -3.85. The van der Waals surface area contributed by atoms with Gasteiger partial charge in [0.25, 0.3) is 10.0 Å². The first-order valence-electron chi connectivity index (χ1n) is 5.05. The third kappa shape index (κ3) is 2.78. The standard InChI is InChI=1S/C12H10FNO3S/c13-9-3-1-6-12(7-9)18(16,17)14-10-4-2-5-11(15)8-10/h1-8,14-15H. The second-order valence-electron chi connectivity index (χ2n) is 3.61. The molecule has 0 saturated heterocycles. The molecule has 4 nitrogen and oxygen atoms in total. The first kappa shape index (κ1) is 12.4. The van der Waals surface area contributed by atoms with E-state index in [2.05, 4.69) is 4.72 Å². The summed E-state index contributed by atoms with van der Waals surface area (Å²) in [5.41, 5.74) is 0.208. The van der Waals surface area contributed by atoms with Crippen molar-refractivity contribution in [3.05, 3.63) is 54.3 Å². The van der Waals surface area contributed by atoms with Crippen molar-refractivity contribution in [2.45, 2.75) is 4.90 Å². The minimum Gasteiger partial charge on any atom is -0.508 e. The Morgan fingerprint density at radius 1 is 1.06 bits per heavy atom. The van der Waals surface area contributed by atoms with Crippen LogP contribution >= 0.6 is 0 Å². The SMILES string of the molecule is O=S(=O)(Nc1cccc(O)c1)c1cccc(F)c1. The summed E-state index contributed by atoms with van der Waals surface area (Å²) in [6.07, 6.45) is 0. The van der Waals surface area contributed by atoms with E-state index in [0.29, 0.717) is 0 Å². The number of benzene rings is 2. The molecule has 0 unspecified atom stereocenters. The van der Waals surface area contributed by atoms with Gasteiger partial charge < -0.3 is 5.11 Å². The van der Waals surface area contributed by atoms with E-state index in [-0.39, 0.29) is 16.3 Å². The normalized spacial score (nSPS) is 11.2. The van der Waals surface area contributed by atoms with Gasteiger partial charge in [0, 0.05) is 6.07 Å². The summed E-state index contributed by atoms with van der Waals surface area (Å²) >= 11 is 0. The fourth-order valence-electron chi connectivity index (χ4n) is 1.42. The van der Waals surface area contributed by atoms with Crippen LogP contribution in [0.3, 0.4) is 0 Å². The zero-order chi connectivity index (χ0) is 13.2. The highest BCUT2D eigenvalue weighted by molar-refractivity contribution is 7.92. The number of phenols is 1. The number of aromatic hydroxyl groups is 1. The van der Waals surface area contributed by atoms with Crippen LogP contribution in [0.1, 0.15) is 0 Å². The molecule has 0 amide bonds. The van der Waals surface area contributed by atoms with Crippen molar-refractivity contribution in [3.8, 4) is 5.75 Å². The maximum atomic E-state index is 13.0. The lowest BCUT2D eigenvalue weighted by Gasteiger charge is -2.08. The van der Waals surface area contributed by atoms with E-state index in [0.717, 1.165) is 12.1 Å². The highest BCUT2D eigenvalue weighted by Gasteiger charge is 2.14. The van der Waals surface area contributed by atoms with Gasteiger partial charge in [0.05, 0.1) is 10.6 Å². The molecule has 0 aliphatic carbocycles. The van der Waals surface area contributed by atoms with Gasteiger partial charge in [-0.25, -0.2) is 12.8 Å². The van der Waals surface area contributed by atoms with Crippen LogP contribution in [0.5, 0.6) is 5.75 Å². The van der Waals surface area contributed by atoms with Gasteiger partial charge in [-0.1, -0.05) is 12.1 Å². The van der Waals surface area contributed by atoms with Gasteiger partial charge in [0.2, 0.25) is 0 Å². The Kier molecular flexibility index (Phi) is 3.20. The van der Waals surface area contributed by atoms with Crippen molar-refractivity contribution >= 4 is 15.7 Å². The van der Waals surface area contributed by atoms with Crippen molar-refractivity contribution in [1.82, 2.24) is 0 Å². The number of sulfonamides is 1. The van der Waals surface area contributed by atoms with Crippen molar-refractivity contribution in [2.75, 3.05) is 4.72 Å². The second-order valence-corrected chi connectivity index (χ2v) is 5.30. The Morgan fingerprint density at radius 2 is 1.78 bits per heavy atom. The van der Waals surface area contributed by atoms with Gasteiger partial charge in [-0.15, -0.1) is 0 Å². The van der Waals surface area contributed by atoms with E-state index in [4.69, 9.17) is 0 Å². The van der Waals surface area contributed by atoms with E-state index in [1.54, 1.807) is 0 Å². The van der Waals surface area contributed by atoms with Crippen LogP contribution in [0, 0.1) is 5.82 Å². The summed E-state index contributed by atoms with van der Waals surface area (Å²) in [6.45, 7) is 0. The summed E-state index contributed by atoms with van der Waals surface area (Å²) in [4.78, 5) is -0.175. The quantitative estimate of drug-likeness (QED) is 0.897. The highest BCUT2D eigenvalue weighted by atomic mass is 32.2. The van der Waals surface area contributed by atoms with Gasteiger partial charge in [0.15, 0.2) is 0 Å². The Labute approximate surface area is 104 Å². The molecule has 0 aromatic heterocycles. The molecule has 0 radical (unpaired) electrons. The predicted octanol–water partition coefficient (Wildman–Crippen LogP) is 2.33. The van der Waals surface area contributed by atoms with Crippen molar-refractivity contribution in [3.63, 3.8) is 0 Å². The minimum absolute atomic E-state index is 0.0607. The second kappa shape index (κ2) is 4.66. The molecule has 2 aromatic carbocycles. The Morgan fingerprint density at radius 3 is 2.44 bits per heavy atom. The third-order valence-corrected chi connectivity index (χ3v) is 3.58. The molecule has 2 N–H and O–H groups in total. The van der Waals surface area contributed by atoms with Crippen molar-refractivity contribution in [1.29, 1.82) is 0 Å². The molecule has 0 atom stereocenters. The molecular formula is C12H10FNO3S. The molecule has 6 heteroatoms. The molecule has 2 aromatic rings. The van der Waals surface area contributed by atoms with Crippen LogP contribution in [0.4, 0.5) is 10.1 Å². The van der Waals surface area contributed by atoms with Crippen molar-refractivity contribution in [2.24, 2.45) is 0 Å². The van der Waals surface area contributed by atoms with E-state index in [9.17, 15) is 17.9 Å². The fourth-order valence-corrected chi connectivity index (χ4v) is 2.50. The molecule has 0 spiro atoms. The monoisotopic (exact) mass is 267 g/mol. The molecular weight excluding hydrogens is 257 g/mol. The van der Waals surface area contributed by atoms with Crippen LogP contribution in [-0.4, -0.2) is 13.5 Å². The molecule has 0 bridgehead atoms. The average molecular weight is 267 g/mol. The van der Waals surface area contributed by atoms with Crippen molar-refractivity contribution < 1.29 is 17.9 Å². The van der Waals surface area contributed by atoms with Gasteiger partial charge in [0.1, 0.15) is 11.6 Å². The molecule has 0 fully saturated rings. The number of nitrogens with one attached hydrogen (secondary N) is 1. The summed E-state index contributed by atoms with van der Waals surface area (Å²) in [6, 6.07) is 10.3. The fraction of sp³-hybridized carbons (Fsp3) is 0. The first-order chi connectivity index (χ1) is 8.47. The number of halogens is 1. The lowest BCUT2D eigenvalue weighted by Crippen LogP contribution is -2.12. The molecule has 0 aliphatic heterocycles. The van der Waals surface area contributed by atoms with Crippen LogP contribution in [-0.2, 0) is 10.0 Å². The zero-order valence-corrected chi connectivity index (χ0v) is 9.99. The van der Waals surface area contributed by atoms with Crippen LogP contribution in [0.15, 0.2) is 53.4 Å². The Bertz CT molecular complexity index is 671. The van der Waals surface area contributed by atoms with Crippen LogP contribution < -0.4 is 4.72 Å². The average Bonchev–Trinajstić information content (AvgIpc) is 2.28. The van der Waals surface area contributed by atoms with Crippen LogP contribution in [0.2, 0.25) is 0 Å². The Balaban J connectivity index is 2.33. The largest absolute Gasteiger partial charge is 0.508 e. The molecule has 2 rings (SSSR count). The maximum absolute atomic E-state index is 13.0. The lowest BCUT2D eigenvalue weighted by atomic mass is 10.3. The van der Waals surface area contributed by atoms with Gasteiger partial charge in [-0.3, -0.25) is 4.72 Å². The number of phenolic OH excluding ortho intramolecular Hbond substituents is 1. The van der Waals surface area contributed by atoms with E-state index in [1.807, 2.05) is 0 Å². The summed E-state index contributed by atoms with van der Waals surface area (Å²) < 4.78 is 39.0. The molecule has 94 valence electrons. The molecule has 18 heavy (non-hydrogen) atoms. The van der Waals surface area contributed by atoms with Gasteiger partial charge in [-0.2, -0.15) is 0 Å². The summed E-state index contributed by atoms with van der Waals surface area (Å²) in [5, 5.41) is 9.23. The number of anilines is 1. The first-order valence-corrected chi connectivity index (χ1v) is 6.53. The number of hydrogen-bond acceptors (Lipinski definition) is 3.